The van der Waals surface area contributed by atoms with Crippen molar-refractivity contribution in [1.82, 2.24) is 4.90 Å². The van der Waals surface area contributed by atoms with Crippen LogP contribution in [0.25, 0.3) is 0 Å². The van der Waals surface area contributed by atoms with E-state index in [-0.39, 0.29) is 12.3 Å². The molecule has 0 saturated heterocycles. The van der Waals surface area contributed by atoms with Crippen LogP contribution in [0.5, 0.6) is 11.5 Å². The first-order valence-electron chi connectivity index (χ1n) is 7.59. The summed E-state index contributed by atoms with van der Waals surface area (Å²) >= 11 is 0. The van der Waals surface area contributed by atoms with Gasteiger partial charge >= 0.3 is 6.09 Å². The lowest BCUT2D eigenvalue weighted by Gasteiger charge is -2.33. The third-order valence-electron chi connectivity index (χ3n) is 3.56. The zero-order valence-corrected chi connectivity index (χ0v) is 14.2. The summed E-state index contributed by atoms with van der Waals surface area (Å²) in [5.41, 5.74) is 6.23. The zero-order chi connectivity index (χ0) is 18.8. The van der Waals surface area contributed by atoms with Crippen LogP contribution in [0.4, 0.5) is 19.3 Å². The smallest absolute Gasteiger partial charge is 0.408 e. The Balaban J connectivity index is 2.29. The average Bonchev–Trinajstić information content (AvgIpc) is 2.45. The van der Waals surface area contributed by atoms with Crippen molar-refractivity contribution in [1.29, 1.82) is 0 Å². The number of ether oxygens (including phenoxy) is 1. The van der Waals surface area contributed by atoms with E-state index in [9.17, 15) is 18.7 Å². The molecule has 0 unspecified atom stereocenters. The van der Waals surface area contributed by atoms with Gasteiger partial charge in [0.15, 0.2) is 0 Å². The van der Waals surface area contributed by atoms with Crippen LogP contribution in [-0.2, 0) is 6.54 Å². The first kappa shape index (κ1) is 18.5. The van der Waals surface area contributed by atoms with Crippen molar-refractivity contribution in [2.24, 2.45) is 0 Å². The van der Waals surface area contributed by atoms with E-state index in [0.717, 1.165) is 18.2 Å². The highest BCUT2D eigenvalue weighted by Crippen LogP contribution is 2.28. The second kappa shape index (κ2) is 6.96. The monoisotopic (exact) mass is 350 g/mol. The van der Waals surface area contributed by atoms with E-state index >= 15 is 0 Å². The highest BCUT2D eigenvalue weighted by atomic mass is 19.1. The molecular formula is C18H20F2N2O3. The lowest BCUT2D eigenvalue weighted by molar-refractivity contribution is 0.0956. The fourth-order valence-corrected chi connectivity index (χ4v) is 2.27. The molecule has 0 aromatic heterocycles. The van der Waals surface area contributed by atoms with E-state index in [1.165, 1.54) is 4.90 Å². The molecule has 25 heavy (non-hydrogen) atoms. The van der Waals surface area contributed by atoms with E-state index in [2.05, 4.69) is 0 Å². The molecular weight excluding hydrogens is 330 g/mol. The largest absolute Gasteiger partial charge is 0.465 e. The average molecular weight is 350 g/mol. The van der Waals surface area contributed by atoms with Crippen molar-refractivity contribution in [3.8, 4) is 11.5 Å². The molecule has 2 aromatic carbocycles. The molecule has 0 bridgehead atoms. The molecule has 0 atom stereocenters. The number of halogens is 2. The molecule has 0 aliphatic carbocycles. The summed E-state index contributed by atoms with van der Waals surface area (Å²) in [5, 5.41) is 9.40. The van der Waals surface area contributed by atoms with Gasteiger partial charge in [-0.3, -0.25) is 4.90 Å². The van der Waals surface area contributed by atoms with Crippen LogP contribution in [0.3, 0.4) is 0 Å². The summed E-state index contributed by atoms with van der Waals surface area (Å²) in [4.78, 5) is 12.7. The highest BCUT2D eigenvalue weighted by molar-refractivity contribution is 5.66. The SMILES string of the molecule is CC(C)(C)N(Cc1cc(Oc2cc(F)cc(F)c2)ccc1N)C(=O)O. The maximum atomic E-state index is 13.3. The van der Waals surface area contributed by atoms with E-state index in [4.69, 9.17) is 10.5 Å². The molecule has 134 valence electrons. The third kappa shape index (κ3) is 4.82. The molecule has 0 heterocycles. The Bertz CT molecular complexity index is 768. The van der Waals surface area contributed by atoms with Crippen LogP contribution in [0.15, 0.2) is 36.4 Å². The number of hydrogen-bond acceptors (Lipinski definition) is 3. The van der Waals surface area contributed by atoms with Gasteiger partial charge in [-0.25, -0.2) is 13.6 Å². The van der Waals surface area contributed by atoms with Gasteiger partial charge < -0.3 is 15.6 Å². The van der Waals surface area contributed by atoms with Gasteiger partial charge in [-0.05, 0) is 44.5 Å². The molecule has 0 fully saturated rings. The lowest BCUT2D eigenvalue weighted by atomic mass is 10.0. The predicted octanol–water partition coefficient (Wildman–Crippen LogP) is 4.62. The topological polar surface area (TPSA) is 75.8 Å². The lowest BCUT2D eigenvalue weighted by Crippen LogP contribution is -2.44. The molecule has 0 saturated carbocycles. The first-order chi connectivity index (χ1) is 11.6. The minimum Gasteiger partial charge on any atom is -0.465 e. The summed E-state index contributed by atoms with van der Waals surface area (Å²) < 4.78 is 32.0. The number of benzene rings is 2. The molecule has 0 radical (unpaired) electrons. The summed E-state index contributed by atoms with van der Waals surface area (Å²) in [5.74, 6) is -1.21. The van der Waals surface area contributed by atoms with E-state index in [1.807, 2.05) is 0 Å². The Kier molecular flexibility index (Phi) is 5.15. The maximum absolute atomic E-state index is 13.3. The van der Waals surface area contributed by atoms with Gasteiger partial charge in [-0.1, -0.05) is 0 Å². The number of hydrogen-bond donors (Lipinski definition) is 2. The summed E-state index contributed by atoms with van der Waals surface area (Å²) in [7, 11) is 0. The van der Waals surface area contributed by atoms with Crippen molar-refractivity contribution in [2.45, 2.75) is 32.9 Å². The van der Waals surface area contributed by atoms with Gasteiger partial charge in [0, 0.05) is 29.4 Å². The highest BCUT2D eigenvalue weighted by Gasteiger charge is 2.26. The normalized spacial score (nSPS) is 11.2. The Morgan fingerprint density at radius 1 is 1.12 bits per heavy atom. The number of nitrogens with zero attached hydrogens (tertiary/aromatic N) is 1. The minimum atomic E-state index is -1.08. The minimum absolute atomic E-state index is 0.000802. The molecule has 0 aliphatic heterocycles. The van der Waals surface area contributed by atoms with Crippen molar-refractivity contribution in [3.05, 3.63) is 53.6 Å². The van der Waals surface area contributed by atoms with E-state index in [1.54, 1.807) is 39.0 Å². The Morgan fingerprint density at radius 2 is 1.72 bits per heavy atom. The van der Waals surface area contributed by atoms with Crippen LogP contribution < -0.4 is 10.5 Å². The van der Waals surface area contributed by atoms with Crippen LogP contribution in [-0.4, -0.2) is 21.6 Å². The molecule has 7 heteroatoms. The van der Waals surface area contributed by atoms with Gasteiger partial charge in [-0.15, -0.1) is 0 Å². The first-order valence-corrected chi connectivity index (χ1v) is 7.59. The number of carbonyl (C=O) groups is 1. The maximum Gasteiger partial charge on any atom is 0.408 e. The summed E-state index contributed by atoms with van der Waals surface area (Å²) in [6.07, 6.45) is -1.08. The number of anilines is 1. The van der Waals surface area contributed by atoms with Crippen LogP contribution >= 0.6 is 0 Å². The Morgan fingerprint density at radius 3 is 2.24 bits per heavy atom. The zero-order valence-electron chi connectivity index (χ0n) is 14.2. The Hall–Kier alpha value is -2.83. The quantitative estimate of drug-likeness (QED) is 0.789. The van der Waals surface area contributed by atoms with Crippen molar-refractivity contribution >= 4 is 11.8 Å². The fourth-order valence-electron chi connectivity index (χ4n) is 2.27. The molecule has 0 aliphatic rings. The summed E-state index contributed by atoms with van der Waals surface area (Å²) in [6, 6.07) is 7.51. The van der Waals surface area contributed by atoms with Gasteiger partial charge in [0.25, 0.3) is 0 Å². The van der Waals surface area contributed by atoms with Gasteiger partial charge in [0.05, 0.1) is 6.54 Å². The number of rotatable bonds is 4. The molecule has 2 rings (SSSR count). The van der Waals surface area contributed by atoms with Crippen LogP contribution in [0, 0.1) is 11.6 Å². The van der Waals surface area contributed by atoms with Crippen LogP contribution in [0.2, 0.25) is 0 Å². The second-order valence-corrected chi connectivity index (χ2v) is 6.61. The van der Waals surface area contributed by atoms with Crippen LogP contribution in [0.1, 0.15) is 26.3 Å². The van der Waals surface area contributed by atoms with E-state index < -0.39 is 23.3 Å². The molecule has 5 nitrogen and oxygen atoms in total. The second-order valence-electron chi connectivity index (χ2n) is 6.61. The van der Waals surface area contributed by atoms with Gasteiger partial charge in [0.1, 0.15) is 23.1 Å². The molecule has 1 amide bonds. The third-order valence-corrected chi connectivity index (χ3v) is 3.56. The number of nitrogen functional groups attached to an aromatic ring is 1. The van der Waals surface area contributed by atoms with Crippen molar-refractivity contribution < 1.29 is 23.4 Å². The van der Waals surface area contributed by atoms with Gasteiger partial charge in [0.2, 0.25) is 0 Å². The Labute approximate surface area is 144 Å². The molecule has 0 spiro atoms. The van der Waals surface area contributed by atoms with Crippen molar-refractivity contribution in [2.75, 3.05) is 5.73 Å². The van der Waals surface area contributed by atoms with Gasteiger partial charge in [-0.2, -0.15) is 0 Å². The molecule has 2 aromatic rings. The number of amides is 1. The standard InChI is InChI=1S/C18H20F2N2O3/c1-18(2,3)22(17(23)24)10-11-6-14(4-5-16(11)21)25-15-8-12(19)7-13(20)9-15/h4-9H,10,21H2,1-3H3,(H,23,24). The fraction of sp³-hybridized carbons (Fsp3) is 0.278. The molecule has 3 N–H and O–H groups in total. The summed E-state index contributed by atoms with van der Waals surface area (Å²) in [6.45, 7) is 5.37. The van der Waals surface area contributed by atoms with E-state index in [0.29, 0.717) is 17.0 Å². The van der Waals surface area contributed by atoms with Crippen molar-refractivity contribution in [3.63, 3.8) is 0 Å². The predicted molar refractivity (Wildman–Crippen MR) is 90.6 cm³/mol. The number of carboxylic acid groups (broad SMARTS) is 1. The number of nitrogens with two attached hydrogens (primary N) is 1.